The number of carbonyl (C=O) groups excluding carboxylic acids is 2. The van der Waals surface area contributed by atoms with Crippen LogP contribution >= 0.6 is 11.3 Å². The molecule has 1 aromatic heterocycles. The normalized spacial score (nSPS) is 14.1. The maximum atomic E-state index is 12.8. The van der Waals surface area contributed by atoms with E-state index in [-0.39, 0.29) is 18.4 Å². The maximum absolute atomic E-state index is 12.8. The number of anilines is 1. The van der Waals surface area contributed by atoms with E-state index in [0.29, 0.717) is 53.9 Å². The smallest absolute Gasteiger partial charge is 0.350 e. The van der Waals surface area contributed by atoms with E-state index in [1.165, 1.54) is 18.4 Å². The Bertz CT molecular complexity index is 909. The summed E-state index contributed by atoms with van der Waals surface area (Å²) >= 11 is 1.24. The van der Waals surface area contributed by atoms with Gasteiger partial charge in [-0.05, 0) is 43.5 Å². The minimum absolute atomic E-state index is 0.122. The first-order valence-corrected chi connectivity index (χ1v) is 10.8. The highest BCUT2D eigenvalue weighted by atomic mass is 32.1. The molecule has 2 aromatic rings. The van der Waals surface area contributed by atoms with Gasteiger partial charge in [-0.2, -0.15) is 0 Å². The molecule has 0 unspecified atom stereocenters. The Morgan fingerprint density at radius 1 is 1.06 bits per heavy atom. The Hall–Kier alpha value is -2.78. The molecule has 1 amide bonds. The Morgan fingerprint density at radius 2 is 1.71 bits per heavy atom. The fourth-order valence-corrected chi connectivity index (χ4v) is 4.39. The van der Waals surface area contributed by atoms with E-state index >= 15 is 0 Å². The molecule has 9 heteroatoms. The van der Waals surface area contributed by atoms with Crippen LogP contribution in [-0.2, 0) is 14.3 Å². The molecule has 0 aliphatic carbocycles. The molecule has 0 bridgehead atoms. The molecule has 8 nitrogen and oxygen atoms in total. The van der Waals surface area contributed by atoms with Gasteiger partial charge in [-0.3, -0.25) is 4.79 Å². The second kappa shape index (κ2) is 10.5. The van der Waals surface area contributed by atoms with Gasteiger partial charge in [-0.25, -0.2) is 4.79 Å². The molecule has 1 aromatic carbocycles. The zero-order chi connectivity index (χ0) is 22.4. The van der Waals surface area contributed by atoms with Crippen molar-refractivity contribution in [2.45, 2.75) is 19.8 Å². The van der Waals surface area contributed by atoms with Gasteiger partial charge in [0.15, 0.2) is 11.5 Å². The zero-order valence-corrected chi connectivity index (χ0v) is 18.9. The minimum atomic E-state index is -0.478. The summed E-state index contributed by atoms with van der Waals surface area (Å²) in [6.45, 7) is 3.10. The average molecular weight is 450 g/mol. The number of carbonyl (C=O) groups is 2. The molecule has 0 atom stereocenters. The summed E-state index contributed by atoms with van der Waals surface area (Å²) in [6.07, 6.45) is 1.31. The SMILES string of the molecule is CCOC(=O)c1sc(-c2cc(OC)c(OC)c(OC)c2)cc1NC(=O)C1CCOCC1. The monoisotopic (exact) mass is 449 g/mol. The number of ether oxygens (including phenoxy) is 5. The Morgan fingerprint density at radius 3 is 2.26 bits per heavy atom. The summed E-state index contributed by atoms with van der Waals surface area (Å²) in [5.74, 6) is 0.722. The van der Waals surface area contributed by atoms with Crippen LogP contribution in [0.3, 0.4) is 0 Å². The lowest BCUT2D eigenvalue weighted by Crippen LogP contribution is -2.28. The molecule has 1 aliphatic rings. The van der Waals surface area contributed by atoms with E-state index in [4.69, 9.17) is 23.7 Å². The number of esters is 1. The molecule has 0 spiro atoms. The van der Waals surface area contributed by atoms with Crippen molar-refractivity contribution < 1.29 is 33.3 Å². The molecular weight excluding hydrogens is 422 g/mol. The van der Waals surface area contributed by atoms with Crippen molar-refractivity contribution in [3.8, 4) is 27.7 Å². The number of thiophene rings is 1. The minimum Gasteiger partial charge on any atom is -0.493 e. The third-order valence-corrected chi connectivity index (χ3v) is 6.16. The predicted molar refractivity (Wildman–Crippen MR) is 118 cm³/mol. The van der Waals surface area contributed by atoms with Gasteiger partial charge >= 0.3 is 5.97 Å². The summed E-state index contributed by atoms with van der Waals surface area (Å²) in [5, 5.41) is 2.92. The number of methoxy groups -OCH3 is 3. The summed E-state index contributed by atoms with van der Waals surface area (Å²) in [6, 6.07) is 5.37. The van der Waals surface area contributed by atoms with Crippen molar-refractivity contribution in [3.05, 3.63) is 23.1 Å². The molecule has 1 saturated heterocycles. The van der Waals surface area contributed by atoms with E-state index in [9.17, 15) is 9.59 Å². The molecule has 1 fully saturated rings. The van der Waals surface area contributed by atoms with Crippen molar-refractivity contribution in [1.29, 1.82) is 0 Å². The van der Waals surface area contributed by atoms with Gasteiger partial charge in [-0.1, -0.05) is 0 Å². The largest absolute Gasteiger partial charge is 0.493 e. The van der Waals surface area contributed by atoms with Crippen LogP contribution in [0.2, 0.25) is 0 Å². The van der Waals surface area contributed by atoms with Crippen LogP contribution in [0.4, 0.5) is 5.69 Å². The highest BCUT2D eigenvalue weighted by molar-refractivity contribution is 7.18. The maximum Gasteiger partial charge on any atom is 0.350 e. The lowest BCUT2D eigenvalue weighted by molar-refractivity contribution is -0.122. The highest BCUT2D eigenvalue weighted by Gasteiger charge is 2.26. The fourth-order valence-electron chi connectivity index (χ4n) is 3.39. The van der Waals surface area contributed by atoms with Gasteiger partial charge in [0.25, 0.3) is 0 Å². The Balaban J connectivity index is 1.99. The van der Waals surface area contributed by atoms with Crippen molar-refractivity contribution in [2.75, 3.05) is 46.5 Å². The van der Waals surface area contributed by atoms with Crippen LogP contribution in [0.25, 0.3) is 10.4 Å². The van der Waals surface area contributed by atoms with Gasteiger partial charge < -0.3 is 29.0 Å². The molecule has 3 rings (SSSR count). The first-order chi connectivity index (χ1) is 15.0. The number of benzene rings is 1. The third kappa shape index (κ3) is 5.11. The van der Waals surface area contributed by atoms with Gasteiger partial charge in [0.2, 0.25) is 11.7 Å². The van der Waals surface area contributed by atoms with Crippen molar-refractivity contribution in [3.63, 3.8) is 0 Å². The Labute approximate surface area is 185 Å². The second-order valence-electron chi connectivity index (χ2n) is 6.86. The molecule has 0 radical (unpaired) electrons. The number of hydrogen-bond donors (Lipinski definition) is 1. The van der Waals surface area contributed by atoms with E-state index in [0.717, 1.165) is 10.4 Å². The molecule has 1 aliphatic heterocycles. The first kappa shape index (κ1) is 22.9. The van der Waals surface area contributed by atoms with Gasteiger partial charge in [0.05, 0.1) is 33.6 Å². The molecule has 168 valence electrons. The lowest BCUT2D eigenvalue weighted by atomic mass is 9.99. The quantitative estimate of drug-likeness (QED) is 0.609. The molecule has 31 heavy (non-hydrogen) atoms. The van der Waals surface area contributed by atoms with Gasteiger partial charge in [-0.15, -0.1) is 11.3 Å². The molecule has 2 heterocycles. The van der Waals surface area contributed by atoms with Crippen LogP contribution in [0, 0.1) is 5.92 Å². The topological polar surface area (TPSA) is 92.3 Å². The number of amides is 1. The van der Waals surface area contributed by atoms with E-state index in [2.05, 4.69) is 5.32 Å². The lowest BCUT2D eigenvalue weighted by Gasteiger charge is -2.21. The van der Waals surface area contributed by atoms with Crippen LogP contribution in [0.5, 0.6) is 17.2 Å². The third-order valence-electron chi connectivity index (χ3n) is 4.99. The second-order valence-corrected chi connectivity index (χ2v) is 7.92. The standard InChI is InChI=1S/C22H27NO7S/c1-5-30-22(25)20-15(23-21(24)13-6-8-29-9-7-13)12-18(31-20)14-10-16(26-2)19(28-4)17(11-14)27-3/h10-13H,5-9H2,1-4H3,(H,23,24). The number of rotatable bonds is 8. The molecule has 0 saturated carbocycles. The first-order valence-electron chi connectivity index (χ1n) is 10.0. The Kier molecular flexibility index (Phi) is 7.75. The van der Waals surface area contributed by atoms with Crippen LogP contribution in [0.15, 0.2) is 18.2 Å². The summed E-state index contributed by atoms with van der Waals surface area (Å²) in [4.78, 5) is 26.4. The summed E-state index contributed by atoms with van der Waals surface area (Å²) < 4.78 is 26.8. The van der Waals surface area contributed by atoms with Gasteiger partial charge in [0.1, 0.15) is 4.88 Å². The van der Waals surface area contributed by atoms with Crippen molar-refractivity contribution in [2.24, 2.45) is 5.92 Å². The van der Waals surface area contributed by atoms with Crippen LogP contribution < -0.4 is 19.5 Å². The predicted octanol–water partition coefficient (Wildman–Crippen LogP) is 3.98. The van der Waals surface area contributed by atoms with E-state index < -0.39 is 5.97 Å². The zero-order valence-electron chi connectivity index (χ0n) is 18.1. The molecular formula is C22H27NO7S. The van der Waals surface area contributed by atoms with E-state index in [1.54, 1.807) is 39.3 Å². The number of nitrogens with one attached hydrogen (secondary N) is 1. The van der Waals surface area contributed by atoms with Crippen LogP contribution in [-0.4, -0.2) is 53.0 Å². The fraction of sp³-hybridized carbons (Fsp3) is 0.455. The highest BCUT2D eigenvalue weighted by Crippen LogP contribution is 2.44. The van der Waals surface area contributed by atoms with Crippen molar-refractivity contribution >= 4 is 28.9 Å². The molecule has 1 N–H and O–H groups in total. The summed E-state index contributed by atoms with van der Waals surface area (Å²) in [7, 11) is 4.62. The van der Waals surface area contributed by atoms with Crippen LogP contribution in [0.1, 0.15) is 29.4 Å². The average Bonchev–Trinajstić information content (AvgIpc) is 3.22. The summed E-state index contributed by atoms with van der Waals surface area (Å²) in [5.41, 5.74) is 1.19. The van der Waals surface area contributed by atoms with Crippen molar-refractivity contribution in [1.82, 2.24) is 0 Å². The van der Waals surface area contributed by atoms with E-state index in [1.807, 2.05) is 0 Å². The number of hydrogen-bond acceptors (Lipinski definition) is 8. The van der Waals surface area contributed by atoms with Gasteiger partial charge in [0, 0.05) is 24.0 Å².